The minimum atomic E-state index is -0.693. The molecule has 1 atom stereocenters. The summed E-state index contributed by atoms with van der Waals surface area (Å²) in [6.45, 7) is 5.56. The van der Waals surface area contributed by atoms with E-state index in [2.05, 4.69) is 25.8 Å². The summed E-state index contributed by atoms with van der Waals surface area (Å²) in [5, 5.41) is 8.17. The van der Waals surface area contributed by atoms with Gasteiger partial charge in [0.25, 0.3) is 0 Å². The summed E-state index contributed by atoms with van der Waals surface area (Å²) in [5.74, 6) is 0.418. The molecule has 1 aliphatic rings. The van der Waals surface area contributed by atoms with Crippen LogP contribution in [0.15, 0.2) is 48.7 Å². The van der Waals surface area contributed by atoms with Crippen molar-refractivity contribution in [3.63, 3.8) is 0 Å². The summed E-state index contributed by atoms with van der Waals surface area (Å²) in [4.78, 5) is 44.1. The van der Waals surface area contributed by atoms with E-state index in [1.165, 1.54) is 6.92 Å². The molecule has 30 heavy (non-hydrogen) atoms. The third kappa shape index (κ3) is 5.69. The molecule has 3 rings (SSSR count). The number of carbonyl (C=O) groups is 3. The number of carbonyl (C=O) groups excluding carboxylic acids is 3. The van der Waals surface area contributed by atoms with Gasteiger partial charge in [0.1, 0.15) is 11.9 Å². The van der Waals surface area contributed by atoms with Gasteiger partial charge >= 0.3 is 6.03 Å². The van der Waals surface area contributed by atoms with Crippen LogP contribution >= 0.6 is 0 Å². The second-order valence-electron chi connectivity index (χ2n) is 7.08. The van der Waals surface area contributed by atoms with E-state index in [-0.39, 0.29) is 17.8 Å². The van der Waals surface area contributed by atoms with Crippen LogP contribution in [0.3, 0.4) is 0 Å². The second kappa shape index (κ2) is 9.73. The standard InChI is InChI=1S/C21H26N6O3/c1-15(20(29)25-18-8-6-17(7-9-18)24-16(2)28)23-21(30)27-13-11-26(12-14-27)19-5-3-4-10-22-19/h3-10,15H,11-14H2,1-2H3,(H,23,30)(H,24,28)(H,25,29). The summed E-state index contributed by atoms with van der Waals surface area (Å²) < 4.78 is 0. The number of nitrogens with zero attached hydrogens (tertiary/aromatic N) is 3. The van der Waals surface area contributed by atoms with Gasteiger partial charge in [0.2, 0.25) is 11.8 Å². The molecule has 0 spiro atoms. The molecule has 2 aromatic rings. The Morgan fingerprint density at radius 1 is 0.933 bits per heavy atom. The van der Waals surface area contributed by atoms with Crippen LogP contribution in [0.4, 0.5) is 22.0 Å². The van der Waals surface area contributed by atoms with Crippen molar-refractivity contribution >= 4 is 35.0 Å². The number of amides is 4. The Hall–Kier alpha value is -3.62. The van der Waals surface area contributed by atoms with E-state index in [0.29, 0.717) is 37.6 Å². The first-order chi connectivity index (χ1) is 14.4. The lowest BCUT2D eigenvalue weighted by atomic mass is 10.2. The van der Waals surface area contributed by atoms with Crippen LogP contribution in [0.5, 0.6) is 0 Å². The Bertz CT molecular complexity index is 879. The Balaban J connectivity index is 1.46. The zero-order valence-corrected chi connectivity index (χ0v) is 17.1. The van der Waals surface area contributed by atoms with Gasteiger partial charge in [0, 0.05) is 50.7 Å². The number of aromatic nitrogens is 1. The van der Waals surface area contributed by atoms with Gasteiger partial charge in [0.05, 0.1) is 0 Å². The van der Waals surface area contributed by atoms with Crippen molar-refractivity contribution in [1.82, 2.24) is 15.2 Å². The summed E-state index contributed by atoms with van der Waals surface area (Å²) in [6, 6.07) is 11.6. The molecule has 0 bridgehead atoms. The Labute approximate surface area is 175 Å². The third-order valence-electron chi connectivity index (χ3n) is 4.75. The first-order valence-corrected chi connectivity index (χ1v) is 9.82. The highest BCUT2D eigenvalue weighted by molar-refractivity contribution is 5.97. The van der Waals surface area contributed by atoms with Gasteiger partial charge in [-0.3, -0.25) is 9.59 Å². The predicted molar refractivity (Wildman–Crippen MR) is 115 cm³/mol. The third-order valence-corrected chi connectivity index (χ3v) is 4.75. The molecule has 2 heterocycles. The average molecular weight is 410 g/mol. The van der Waals surface area contributed by atoms with Crippen LogP contribution in [0, 0.1) is 0 Å². The molecule has 1 aromatic heterocycles. The number of rotatable bonds is 5. The van der Waals surface area contributed by atoms with Crippen molar-refractivity contribution in [3.05, 3.63) is 48.7 Å². The number of hydrogen-bond acceptors (Lipinski definition) is 5. The topological polar surface area (TPSA) is 107 Å². The molecule has 4 amide bonds. The van der Waals surface area contributed by atoms with Gasteiger partial charge in [-0.1, -0.05) is 6.07 Å². The summed E-state index contributed by atoms with van der Waals surface area (Å²) in [6.07, 6.45) is 1.75. The van der Waals surface area contributed by atoms with E-state index in [1.54, 1.807) is 42.3 Å². The number of urea groups is 1. The Morgan fingerprint density at radius 3 is 2.13 bits per heavy atom. The fourth-order valence-electron chi connectivity index (χ4n) is 3.11. The first kappa shape index (κ1) is 21.1. The number of piperazine rings is 1. The van der Waals surface area contributed by atoms with E-state index in [0.717, 1.165) is 5.82 Å². The molecule has 1 aromatic carbocycles. The second-order valence-corrected chi connectivity index (χ2v) is 7.08. The minimum Gasteiger partial charge on any atom is -0.353 e. The molecule has 1 unspecified atom stereocenters. The van der Waals surface area contributed by atoms with E-state index in [9.17, 15) is 14.4 Å². The molecule has 1 fully saturated rings. The lowest BCUT2D eigenvalue weighted by molar-refractivity contribution is -0.117. The zero-order valence-electron chi connectivity index (χ0n) is 17.1. The van der Waals surface area contributed by atoms with Gasteiger partial charge in [-0.05, 0) is 43.3 Å². The largest absolute Gasteiger partial charge is 0.353 e. The van der Waals surface area contributed by atoms with E-state index >= 15 is 0 Å². The van der Waals surface area contributed by atoms with Gasteiger partial charge in [-0.2, -0.15) is 0 Å². The van der Waals surface area contributed by atoms with E-state index in [4.69, 9.17) is 0 Å². The lowest BCUT2D eigenvalue weighted by Gasteiger charge is -2.35. The molecular formula is C21H26N6O3. The van der Waals surface area contributed by atoms with E-state index in [1.807, 2.05) is 18.2 Å². The zero-order chi connectivity index (χ0) is 21.5. The lowest BCUT2D eigenvalue weighted by Crippen LogP contribution is -2.54. The van der Waals surface area contributed by atoms with Crippen molar-refractivity contribution in [3.8, 4) is 0 Å². The maximum absolute atomic E-state index is 12.5. The SMILES string of the molecule is CC(=O)Nc1ccc(NC(=O)C(C)NC(=O)N2CCN(c3ccccn3)CC2)cc1. The highest BCUT2D eigenvalue weighted by Gasteiger charge is 2.24. The summed E-state index contributed by atoms with van der Waals surface area (Å²) in [7, 11) is 0. The molecule has 0 aliphatic carbocycles. The van der Waals surface area contributed by atoms with Crippen molar-refractivity contribution < 1.29 is 14.4 Å². The van der Waals surface area contributed by atoms with Crippen LogP contribution in [0.1, 0.15) is 13.8 Å². The smallest absolute Gasteiger partial charge is 0.318 e. The average Bonchev–Trinajstić information content (AvgIpc) is 2.75. The number of pyridine rings is 1. The molecule has 158 valence electrons. The van der Waals surface area contributed by atoms with E-state index < -0.39 is 6.04 Å². The maximum atomic E-state index is 12.5. The van der Waals surface area contributed by atoms with Gasteiger partial charge < -0.3 is 25.8 Å². The fourth-order valence-corrected chi connectivity index (χ4v) is 3.11. The van der Waals surface area contributed by atoms with Crippen LogP contribution in [-0.4, -0.2) is 60.0 Å². The molecule has 3 N–H and O–H groups in total. The summed E-state index contributed by atoms with van der Waals surface area (Å²) in [5.41, 5.74) is 1.23. The molecule has 9 nitrogen and oxygen atoms in total. The van der Waals surface area contributed by atoms with Gasteiger partial charge in [-0.25, -0.2) is 9.78 Å². The van der Waals surface area contributed by atoms with Crippen molar-refractivity contribution in [2.75, 3.05) is 41.7 Å². The molecule has 0 saturated carbocycles. The first-order valence-electron chi connectivity index (χ1n) is 9.82. The van der Waals surface area contributed by atoms with Crippen molar-refractivity contribution in [1.29, 1.82) is 0 Å². The minimum absolute atomic E-state index is 0.163. The highest BCUT2D eigenvalue weighted by atomic mass is 16.2. The Morgan fingerprint density at radius 2 is 1.57 bits per heavy atom. The quantitative estimate of drug-likeness (QED) is 0.698. The van der Waals surface area contributed by atoms with Gasteiger partial charge in [0.15, 0.2) is 0 Å². The van der Waals surface area contributed by atoms with Crippen LogP contribution in [0.2, 0.25) is 0 Å². The molecule has 1 saturated heterocycles. The van der Waals surface area contributed by atoms with Crippen molar-refractivity contribution in [2.24, 2.45) is 0 Å². The Kier molecular flexibility index (Phi) is 6.84. The predicted octanol–water partition coefficient (Wildman–Crippen LogP) is 1.90. The van der Waals surface area contributed by atoms with Crippen LogP contribution < -0.4 is 20.9 Å². The fraction of sp³-hybridized carbons (Fsp3) is 0.333. The number of benzene rings is 1. The van der Waals surface area contributed by atoms with Crippen LogP contribution in [-0.2, 0) is 9.59 Å². The maximum Gasteiger partial charge on any atom is 0.318 e. The van der Waals surface area contributed by atoms with Crippen molar-refractivity contribution in [2.45, 2.75) is 19.9 Å². The summed E-state index contributed by atoms with van der Waals surface area (Å²) >= 11 is 0. The molecule has 0 radical (unpaired) electrons. The molecule has 9 heteroatoms. The highest BCUT2D eigenvalue weighted by Crippen LogP contribution is 2.14. The number of anilines is 3. The molecular weight excluding hydrogens is 384 g/mol. The van der Waals surface area contributed by atoms with Crippen LogP contribution in [0.25, 0.3) is 0 Å². The monoisotopic (exact) mass is 410 g/mol. The molecule has 1 aliphatic heterocycles. The normalized spacial score (nSPS) is 14.6. The number of nitrogens with one attached hydrogen (secondary N) is 3. The number of hydrogen-bond donors (Lipinski definition) is 3. The van der Waals surface area contributed by atoms with Gasteiger partial charge in [-0.15, -0.1) is 0 Å².